The van der Waals surface area contributed by atoms with Crippen LogP contribution >= 0.6 is 0 Å². The van der Waals surface area contributed by atoms with Gasteiger partial charge in [-0.3, -0.25) is 4.79 Å². The summed E-state index contributed by atoms with van der Waals surface area (Å²) >= 11 is 0. The van der Waals surface area contributed by atoms with E-state index in [-0.39, 0.29) is 5.92 Å². The highest BCUT2D eigenvalue weighted by molar-refractivity contribution is 5.88. The Labute approximate surface area is 73.8 Å². The van der Waals surface area contributed by atoms with Gasteiger partial charge in [-0.1, -0.05) is 12.2 Å². The summed E-state index contributed by atoms with van der Waals surface area (Å²) in [5.74, 6) is -3.36. The van der Waals surface area contributed by atoms with E-state index in [0.29, 0.717) is 0 Å². The fraction of sp³-hybridized carbons (Fsp3) is 0.500. The Morgan fingerprint density at radius 2 is 2.00 bits per heavy atom. The van der Waals surface area contributed by atoms with Crippen LogP contribution in [0.4, 0.5) is 0 Å². The van der Waals surface area contributed by atoms with Crippen molar-refractivity contribution in [3.63, 3.8) is 0 Å². The van der Waals surface area contributed by atoms with Crippen molar-refractivity contribution in [2.45, 2.75) is 5.54 Å². The van der Waals surface area contributed by atoms with Gasteiger partial charge in [0.25, 0.3) is 0 Å². The average molecular weight is 183 g/mol. The fourth-order valence-corrected chi connectivity index (χ4v) is 2.10. The standard InChI is InChI=1S/C8H9NO4/c9-8(7(12)13)2-1-3-4(5(3)8)6(10)11/h1-5H,9H2,(H,10,11)(H,12,13). The minimum atomic E-state index is -1.46. The molecule has 70 valence electrons. The van der Waals surface area contributed by atoms with Gasteiger partial charge in [-0.2, -0.15) is 0 Å². The van der Waals surface area contributed by atoms with Gasteiger partial charge in [0.05, 0.1) is 5.92 Å². The molecule has 2 aliphatic rings. The number of aliphatic carboxylic acids is 2. The minimum absolute atomic E-state index is 0.182. The topological polar surface area (TPSA) is 101 Å². The molecule has 0 aliphatic heterocycles. The van der Waals surface area contributed by atoms with Crippen LogP contribution in [0.25, 0.3) is 0 Å². The second kappa shape index (κ2) is 2.11. The maximum atomic E-state index is 10.8. The molecule has 2 aliphatic carbocycles. The Balaban J connectivity index is 2.26. The molecule has 4 atom stereocenters. The third-order valence-electron chi connectivity index (χ3n) is 2.88. The van der Waals surface area contributed by atoms with Gasteiger partial charge in [0.1, 0.15) is 5.54 Å². The van der Waals surface area contributed by atoms with Crippen LogP contribution in [0.3, 0.4) is 0 Å². The number of hydrogen-bond acceptors (Lipinski definition) is 3. The first-order chi connectivity index (χ1) is 5.98. The van der Waals surface area contributed by atoms with Crippen molar-refractivity contribution in [1.82, 2.24) is 0 Å². The van der Waals surface area contributed by atoms with Crippen LogP contribution in [0, 0.1) is 17.8 Å². The van der Waals surface area contributed by atoms with E-state index in [9.17, 15) is 9.59 Å². The van der Waals surface area contributed by atoms with Crippen LogP contribution < -0.4 is 5.73 Å². The summed E-state index contributed by atoms with van der Waals surface area (Å²) in [5, 5.41) is 17.5. The third-order valence-corrected chi connectivity index (χ3v) is 2.88. The molecule has 0 spiro atoms. The lowest BCUT2D eigenvalue weighted by molar-refractivity contribution is -0.143. The van der Waals surface area contributed by atoms with E-state index < -0.39 is 29.3 Å². The van der Waals surface area contributed by atoms with Crippen LogP contribution in [-0.4, -0.2) is 27.7 Å². The van der Waals surface area contributed by atoms with E-state index in [0.717, 1.165) is 0 Å². The van der Waals surface area contributed by atoms with Gasteiger partial charge in [-0.05, 0) is 5.92 Å². The highest BCUT2D eigenvalue weighted by Gasteiger charge is 2.67. The molecule has 0 bridgehead atoms. The Morgan fingerprint density at radius 3 is 2.38 bits per heavy atom. The molecule has 4 unspecified atom stereocenters. The van der Waals surface area contributed by atoms with E-state index in [4.69, 9.17) is 15.9 Å². The summed E-state index contributed by atoms with van der Waals surface area (Å²) in [6, 6.07) is 0. The van der Waals surface area contributed by atoms with Crippen LogP contribution in [-0.2, 0) is 9.59 Å². The molecular formula is C8H9NO4. The number of carbonyl (C=O) groups is 2. The molecule has 0 radical (unpaired) electrons. The first-order valence-electron chi connectivity index (χ1n) is 3.93. The van der Waals surface area contributed by atoms with E-state index in [2.05, 4.69) is 0 Å². The van der Waals surface area contributed by atoms with Gasteiger partial charge in [0, 0.05) is 5.92 Å². The van der Waals surface area contributed by atoms with Gasteiger partial charge in [0.15, 0.2) is 0 Å². The zero-order chi connectivity index (χ0) is 9.80. The molecule has 2 rings (SSSR count). The molecule has 0 aromatic rings. The van der Waals surface area contributed by atoms with Crippen LogP contribution in [0.2, 0.25) is 0 Å². The largest absolute Gasteiger partial charge is 0.481 e. The lowest BCUT2D eigenvalue weighted by Gasteiger charge is -2.17. The molecule has 4 N–H and O–H groups in total. The number of rotatable bonds is 2. The highest BCUT2D eigenvalue weighted by atomic mass is 16.4. The maximum Gasteiger partial charge on any atom is 0.328 e. The van der Waals surface area contributed by atoms with Gasteiger partial charge < -0.3 is 15.9 Å². The summed E-state index contributed by atoms with van der Waals surface area (Å²) in [4.78, 5) is 21.4. The summed E-state index contributed by atoms with van der Waals surface area (Å²) in [6.07, 6.45) is 2.99. The summed E-state index contributed by atoms with van der Waals surface area (Å²) in [5.41, 5.74) is 4.10. The predicted molar refractivity (Wildman–Crippen MR) is 41.8 cm³/mol. The molecule has 1 fully saturated rings. The van der Waals surface area contributed by atoms with Crippen LogP contribution in [0.1, 0.15) is 0 Å². The smallest absolute Gasteiger partial charge is 0.328 e. The second-order valence-corrected chi connectivity index (χ2v) is 3.56. The van der Waals surface area contributed by atoms with E-state index in [1.165, 1.54) is 6.08 Å². The number of hydrogen-bond donors (Lipinski definition) is 3. The molecule has 0 amide bonds. The van der Waals surface area contributed by atoms with Gasteiger partial charge in [-0.15, -0.1) is 0 Å². The van der Waals surface area contributed by atoms with Crippen molar-refractivity contribution in [1.29, 1.82) is 0 Å². The Hall–Kier alpha value is -1.36. The molecule has 0 heterocycles. The zero-order valence-corrected chi connectivity index (χ0v) is 6.68. The number of carboxylic acid groups (broad SMARTS) is 2. The predicted octanol–water partition coefficient (Wildman–Crippen LogP) is -0.715. The van der Waals surface area contributed by atoms with Crippen molar-refractivity contribution < 1.29 is 19.8 Å². The van der Waals surface area contributed by atoms with Crippen molar-refractivity contribution in [3.8, 4) is 0 Å². The zero-order valence-electron chi connectivity index (χ0n) is 6.68. The van der Waals surface area contributed by atoms with Gasteiger partial charge >= 0.3 is 11.9 Å². The lowest BCUT2D eigenvalue weighted by atomic mass is 9.95. The molecule has 0 aromatic heterocycles. The summed E-state index contributed by atoms with van der Waals surface area (Å²) < 4.78 is 0. The first-order valence-corrected chi connectivity index (χ1v) is 3.93. The number of fused-ring (bicyclic) bond motifs is 1. The monoisotopic (exact) mass is 183 g/mol. The normalized spacial score (nSPS) is 45.8. The molecule has 13 heavy (non-hydrogen) atoms. The van der Waals surface area contributed by atoms with Crippen LogP contribution in [0.5, 0.6) is 0 Å². The lowest BCUT2D eigenvalue weighted by Crippen LogP contribution is -2.48. The minimum Gasteiger partial charge on any atom is -0.481 e. The van der Waals surface area contributed by atoms with E-state index in [1.54, 1.807) is 6.08 Å². The Kier molecular flexibility index (Phi) is 1.34. The van der Waals surface area contributed by atoms with Crippen molar-refractivity contribution >= 4 is 11.9 Å². The molecular weight excluding hydrogens is 174 g/mol. The maximum absolute atomic E-state index is 10.8. The van der Waals surface area contributed by atoms with Crippen LogP contribution in [0.15, 0.2) is 12.2 Å². The second-order valence-electron chi connectivity index (χ2n) is 3.56. The molecule has 5 nitrogen and oxygen atoms in total. The Bertz CT molecular complexity index is 324. The van der Waals surface area contributed by atoms with Crippen molar-refractivity contribution in [2.24, 2.45) is 23.5 Å². The third kappa shape index (κ3) is 0.846. The SMILES string of the molecule is NC1(C(=O)O)C=CC2C(C(=O)O)C21. The number of carboxylic acids is 2. The molecule has 5 heteroatoms. The number of allylic oxidation sites excluding steroid dienone is 1. The first kappa shape index (κ1) is 8.25. The summed E-state index contributed by atoms with van der Waals surface area (Å²) in [7, 11) is 0. The van der Waals surface area contributed by atoms with Crippen molar-refractivity contribution in [2.75, 3.05) is 0 Å². The molecule has 1 saturated carbocycles. The van der Waals surface area contributed by atoms with Crippen molar-refractivity contribution in [3.05, 3.63) is 12.2 Å². The van der Waals surface area contributed by atoms with E-state index >= 15 is 0 Å². The average Bonchev–Trinajstić information content (AvgIpc) is 2.66. The highest BCUT2D eigenvalue weighted by Crippen LogP contribution is 2.57. The van der Waals surface area contributed by atoms with Gasteiger partial charge in [0.2, 0.25) is 0 Å². The summed E-state index contributed by atoms with van der Waals surface area (Å²) in [6.45, 7) is 0. The quantitative estimate of drug-likeness (QED) is 0.491. The fourth-order valence-electron chi connectivity index (χ4n) is 2.10. The number of nitrogens with two attached hydrogens (primary N) is 1. The Morgan fingerprint density at radius 1 is 1.38 bits per heavy atom. The van der Waals surface area contributed by atoms with Gasteiger partial charge in [-0.25, -0.2) is 4.79 Å². The molecule has 0 saturated heterocycles. The van der Waals surface area contributed by atoms with E-state index in [1.807, 2.05) is 0 Å². The molecule has 0 aromatic carbocycles.